The van der Waals surface area contributed by atoms with Gasteiger partial charge in [-0.2, -0.15) is 0 Å². The average molecular weight is 250 g/mol. The molecule has 0 spiro atoms. The summed E-state index contributed by atoms with van der Waals surface area (Å²) in [5.74, 6) is 0.879. The Bertz CT molecular complexity index is 442. The number of halogens is 1. The van der Waals surface area contributed by atoms with E-state index in [1.54, 1.807) is 12.1 Å². The zero-order valence-corrected chi connectivity index (χ0v) is 10.9. The predicted octanol–water partition coefficient (Wildman–Crippen LogP) is 3.38. The maximum absolute atomic E-state index is 13.5. The molecule has 1 aromatic rings. The Morgan fingerprint density at radius 3 is 2.78 bits per heavy atom. The minimum absolute atomic E-state index is 0.171. The summed E-state index contributed by atoms with van der Waals surface area (Å²) < 4.78 is 18.4. The standard InChI is InChI=1S/C15H19FO2/c1-10-3-5-12(7-10)14(17)9-11-4-6-15(18-2)13(16)8-11/h4,6,8,10,12H,3,5,7,9H2,1-2H3. The van der Waals surface area contributed by atoms with E-state index in [4.69, 9.17) is 4.74 Å². The fraction of sp³-hybridized carbons (Fsp3) is 0.533. The molecule has 2 rings (SSSR count). The molecule has 0 N–H and O–H groups in total. The zero-order chi connectivity index (χ0) is 13.1. The van der Waals surface area contributed by atoms with Crippen molar-refractivity contribution in [1.29, 1.82) is 0 Å². The maximum atomic E-state index is 13.5. The molecule has 3 heteroatoms. The lowest BCUT2D eigenvalue weighted by Gasteiger charge is -2.09. The molecular formula is C15H19FO2. The highest BCUT2D eigenvalue weighted by Gasteiger charge is 2.27. The number of ether oxygens (including phenoxy) is 1. The first-order valence-electron chi connectivity index (χ1n) is 6.45. The third-order valence-electron chi connectivity index (χ3n) is 3.74. The van der Waals surface area contributed by atoms with Crippen LogP contribution in [0.3, 0.4) is 0 Å². The van der Waals surface area contributed by atoms with Crippen molar-refractivity contribution in [3.63, 3.8) is 0 Å². The Morgan fingerprint density at radius 1 is 1.44 bits per heavy atom. The van der Waals surface area contributed by atoms with Gasteiger partial charge in [0.25, 0.3) is 0 Å². The van der Waals surface area contributed by atoms with E-state index in [0.717, 1.165) is 24.8 Å². The molecule has 2 unspecified atom stereocenters. The van der Waals surface area contributed by atoms with E-state index >= 15 is 0 Å². The predicted molar refractivity (Wildman–Crippen MR) is 68.2 cm³/mol. The average Bonchev–Trinajstić information content (AvgIpc) is 2.76. The molecule has 1 saturated carbocycles. The molecule has 0 radical (unpaired) electrons. The highest BCUT2D eigenvalue weighted by Crippen LogP contribution is 2.31. The number of rotatable bonds is 4. The molecule has 18 heavy (non-hydrogen) atoms. The minimum atomic E-state index is -0.400. The fourth-order valence-electron chi connectivity index (χ4n) is 2.66. The molecule has 1 aromatic carbocycles. The molecule has 2 atom stereocenters. The molecule has 0 saturated heterocycles. The number of benzene rings is 1. The van der Waals surface area contributed by atoms with E-state index in [0.29, 0.717) is 12.3 Å². The summed E-state index contributed by atoms with van der Waals surface area (Å²) in [5.41, 5.74) is 0.734. The van der Waals surface area contributed by atoms with Crippen molar-refractivity contribution >= 4 is 5.78 Å². The van der Waals surface area contributed by atoms with E-state index in [-0.39, 0.29) is 17.5 Å². The second-order valence-electron chi connectivity index (χ2n) is 5.23. The van der Waals surface area contributed by atoms with Gasteiger partial charge in [0.05, 0.1) is 7.11 Å². The van der Waals surface area contributed by atoms with Gasteiger partial charge in [-0.25, -0.2) is 4.39 Å². The topological polar surface area (TPSA) is 26.3 Å². The van der Waals surface area contributed by atoms with Crippen LogP contribution in [0.15, 0.2) is 18.2 Å². The first-order valence-corrected chi connectivity index (χ1v) is 6.45. The van der Waals surface area contributed by atoms with E-state index < -0.39 is 5.82 Å². The lowest BCUT2D eigenvalue weighted by molar-refractivity contribution is -0.122. The van der Waals surface area contributed by atoms with Gasteiger partial charge in [-0.1, -0.05) is 13.0 Å². The molecule has 2 nitrogen and oxygen atoms in total. The third-order valence-corrected chi connectivity index (χ3v) is 3.74. The second kappa shape index (κ2) is 5.51. The quantitative estimate of drug-likeness (QED) is 0.818. The van der Waals surface area contributed by atoms with Crippen molar-refractivity contribution in [3.8, 4) is 5.75 Å². The molecule has 0 aromatic heterocycles. The van der Waals surface area contributed by atoms with Crippen LogP contribution in [0.25, 0.3) is 0 Å². The summed E-state index contributed by atoms with van der Waals surface area (Å²) in [4.78, 5) is 12.1. The van der Waals surface area contributed by atoms with Gasteiger partial charge in [0.2, 0.25) is 0 Å². The number of ketones is 1. The van der Waals surface area contributed by atoms with Gasteiger partial charge in [-0.05, 0) is 42.9 Å². The minimum Gasteiger partial charge on any atom is -0.494 e. The first-order chi connectivity index (χ1) is 8.60. The van der Waals surface area contributed by atoms with Crippen molar-refractivity contribution in [2.75, 3.05) is 7.11 Å². The molecule has 0 amide bonds. The summed E-state index contributed by atoms with van der Waals surface area (Å²) in [6.07, 6.45) is 3.43. The van der Waals surface area contributed by atoms with Gasteiger partial charge in [-0.15, -0.1) is 0 Å². The van der Waals surface area contributed by atoms with Crippen molar-refractivity contribution in [2.45, 2.75) is 32.6 Å². The number of methoxy groups -OCH3 is 1. The number of hydrogen-bond donors (Lipinski definition) is 0. The monoisotopic (exact) mass is 250 g/mol. The third kappa shape index (κ3) is 2.89. The van der Waals surface area contributed by atoms with Crippen LogP contribution in [0.1, 0.15) is 31.7 Å². The van der Waals surface area contributed by atoms with Crippen LogP contribution in [-0.4, -0.2) is 12.9 Å². The van der Waals surface area contributed by atoms with Gasteiger partial charge in [0.1, 0.15) is 5.78 Å². The molecule has 1 aliphatic rings. The Balaban J connectivity index is 2.01. The molecule has 1 aliphatic carbocycles. The van der Waals surface area contributed by atoms with Crippen LogP contribution in [0.4, 0.5) is 4.39 Å². The van der Waals surface area contributed by atoms with Gasteiger partial charge < -0.3 is 4.74 Å². The lowest BCUT2D eigenvalue weighted by Crippen LogP contribution is -2.14. The number of carbonyl (C=O) groups is 1. The van der Waals surface area contributed by atoms with Crippen LogP contribution < -0.4 is 4.74 Å². The smallest absolute Gasteiger partial charge is 0.165 e. The molecule has 0 aliphatic heterocycles. The van der Waals surface area contributed by atoms with Crippen molar-refractivity contribution in [2.24, 2.45) is 11.8 Å². The number of Topliss-reactive ketones (excluding diaryl/α,β-unsaturated/α-hetero) is 1. The first kappa shape index (κ1) is 13.1. The van der Waals surface area contributed by atoms with Crippen LogP contribution in [0.5, 0.6) is 5.75 Å². The molecular weight excluding hydrogens is 231 g/mol. The van der Waals surface area contributed by atoms with E-state index in [1.165, 1.54) is 13.2 Å². The fourth-order valence-corrected chi connectivity index (χ4v) is 2.66. The van der Waals surface area contributed by atoms with Crippen LogP contribution in [-0.2, 0) is 11.2 Å². The zero-order valence-electron chi connectivity index (χ0n) is 10.9. The van der Waals surface area contributed by atoms with Crippen LogP contribution >= 0.6 is 0 Å². The Labute approximate surface area is 107 Å². The van der Waals surface area contributed by atoms with Crippen LogP contribution in [0, 0.1) is 17.7 Å². The highest BCUT2D eigenvalue weighted by atomic mass is 19.1. The van der Waals surface area contributed by atoms with Crippen molar-refractivity contribution in [1.82, 2.24) is 0 Å². The Morgan fingerprint density at radius 2 is 2.22 bits per heavy atom. The maximum Gasteiger partial charge on any atom is 0.165 e. The summed E-state index contributed by atoms with van der Waals surface area (Å²) in [7, 11) is 1.43. The van der Waals surface area contributed by atoms with Gasteiger partial charge >= 0.3 is 0 Å². The van der Waals surface area contributed by atoms with Gasteiger partial charge in [-0.3, -0.25) is 4.79 Å². The largest absolute Gasteiger partial charge is 0.494 e. The van der Waals surface area contributed by atoms with E-state index in [2.05, 4.69) is 6.92 Å². The molecule has 1 fully saturated rings. The van der Waals surface area contributed by atoms with Gasteiger partial charge in [0, 0.05) is 12.3 Å². The van der Waals surface area contributed by atoms with E-state index in [1.807, 2.05) is 0 Å². The summed E-state index contributed by atoms with van der Waals surface area (Å²) in [5, 5.41) is 0. The Kier molecular flexibility index (Phi) is 4.00. The molecule has 98 valence electrons. The summed E-state index contributed by atoms with van der Waals surface area (Å²) >= 11 is 0. The van der Waals surface area contributed by atoms with Crippen molar-refractivity contribution < 1.29 is 13.9 Å². The number of hydrogen-bond acceptors (Lipinski definition) is 2. The normalized spacial score (nSPS) is 23.1. The number of carbonyl (C=O) groups excluding carboxylic acids is 1. The lowest BCUT2D eigenvalue weighted by atomic mass is 9.95. The highest BCUT2D eigenvalue weighted by molar-refractivity contribution is 5.83. The summed E-state index contributed by atoms with van der Waals surface area (Å²) in [6, 6.07) is 4.74. The van der Waals surface area contributed by atoms with Crippen LogP contribution in [0.2, 0.25) is 0 Å². The van der Waals surface area contributed by atoms with Crippen molar-refractivity contribution in [3.05, 3.63) is 29.6 Å². The summed E-state index contributed by atoms with van der Waals surface area (Å²) in [6.45, 7) is 2.18. The second-order valence-corrected chi connectivity index (χ2v) is 5.23. The molecule has 0 heterocycles. The van der Waals surface area contributed by atoms with E-state index in [9.17, 15) is 9.18 Å². The Hall–Kier alpha value is -1.38. The van der Waals surface area contributed by atoms with Gasteiger partial charge in [0.15, 0.2) is 11.6 Å². The molecule has 0 bridgehead atoms. The SMILES string of the molecule is COc1ccc(CC(=O)C2CCC(C)C2)cc1F.